The second-order valence-corrected chi connectivity index (χ2v) is 11.8. The average molecular weight is 558 g/mol. The van der Waals surface area contributed by atoms with Gasteiger partial charge in [-0.3, -0.25) is 0 Å². The lowest BCUT2D eigenvalue weighted by molar-refractivity contribution is 0.0599. The number of methoxy groups -OCH3 is 1. The molecule has 0 amide bonds. The number of pyridine rings is 1. The summed E-state index contributed by atoms with van der Waals surface area (Å²) in [6, 6.07) is 26.1. The smallest absolute Gasteiger partial charge is 0.338 e. The number of hydrogen-bond acceptors (Lipinski definition) is 5. The third-order valence-corrected chi connectivity index (χ3v) is 9.31. The van der Waals surface area contributed by atoms with Gasteiger partial charge in [-0.2, -0.15) is 11.8 Å². The van der Waals surface area contributed by atoms with Gasteiger partial charge in [-0.1, -0.05) is 72.3 Å². The highest BCUT2D eigenvalue weighted by atomic mass is 35.5. The van der Waals surface area contributed by atoms with Gasteiger partial charge in [0.2, 0.25) is 0 Å². The lowest BCUT2D eigenvalue weighted by Gasteiger charge is -2.21. The van der Waals surface area contributed by atoms with Crippen molar-refractivity contribution in [2.45, 2.75) is 30.9 Å². The maximum absolute atomic E-state index is 12.3. The number of hydrogen-bond donors (Lipinski definition) is 1. The monoisotopic (exact) mass is 557 g/mol. The summed E-state index contributed by atoms with van der Waals surface area (Å²) in [5.41, 5.74) is 5.78. The molecule has 1 fully saturated rings. The van der Waals surface area contributed by atoms with Gasteiger partial charge in [0.05, 0.1) is 23.9 Å². The SMILES string of the molecule is COC(=O)c1ccccc1CC[C@@H](SCC1(CO)CC1)c1cccc(C=Cc2ccc3ccc(Cl)cc3n2)c1. The summed E-state index contributed by atoms with van der Waals surface area (Å²) in [5.74, 6) is 0.625. The molecule has 1 heterocycles. The predicted molar refractivity (Wildman–Crippen MR) is 162 cm³/mol. The van der Waals surface area contributed by atoms with E-state index >= 15 is 0 Å². The van der Waals surface area contributed by atoms with Crippen LogP contribution in [0.5, 0.6) is 0 Å². The highest BCUT2D eigenvalue weighted by molar-refractivity contribution is 7.99. The number of nitrogens with zero attached hydrogens (tertiary/aromatic N) is 1. The fraction of sp³-hybridized carbons (Fsp3) is 0.273. The van der Waals surface area contributed by atoms with Gasteiger partial charge in [-0.15, -0.1) is 0 Å². The third kappa shape index (κ3) is 6.91. The first-order valence-corrected chi connectivity index (χ1v) is 14.6. The maximum Gasteiger partial charge on any atom is 0.338 e. The summed E-state index contributed by atoms with van der Waals surface area (Å²) >= 11 is 8.07. The number of benzene rings is 3. The van der Waals surface area contributed by atoms with Crippen LogP contribution in [0.1, 0.15) is 57.3 Å². The molecule has 1 saturated carbocycles. The molecule has 0 bridgehead atoms. The molecule has 39 heavy (non-hydrogen) atoms. The van der Waals surface area contributed by atoms with E-state index in [1.807, 2.05) is 66.4 Å². The molecule has 1 N–H and O–H groups in total. The van der Waals surface area contributed by atoms with E-state index in [-0.39, 0.29) is 23.2 Å². The zero-order valence-corrected chi connectivity index (χ0v) is 23.5. The van der Waals surface area contributed by atoms with E-state index in [1.54, 1.807) is 0 Å². The Morgan fingerprint density at radius 1 is 1.08 bits per heavy atom. The molecule has 0 saturated heterocycles. The molecule has 1 aromatic heterocycles. The summed E-state index contributed by atoms with van der Waals surface area (Å²) in [6.07, 6.45) is 7.92. The van der Waals surface area contributed by atoms with Crippen molar-refractivity contribution in [1.29, 1.82) is 0 Å². The summed E-state index contributed by atoms with van der Waals surface area (Å²) < 4.78 is 5.00. The van der Waals surface area contributed by atoms with Crippen LogP contribution in [0.2, 0.25) is 5.02 Å². The van der Waals surface area contributed by atoms with Crippen LogP contribution in [0.25, 0.3) is 23.1 Å². The number of aliphatic hydroxyl groups is 1. The van der Waals surface area contributed by atoms with Crippen LogP contribution in [-0.2, 0) is 11.2 Å². The largest absolute Gasteiger partial charge is 0.465 e. The number of thioether (sulfide) groups is 1. The molecule has 1 aliphatic carbocycles. The van der Waals surface area contributed by atoms with Gasteiger partial charge < -0.3 is 9.84 Å². The molecule has 3 aromatic carbocycles. The van der Waals surface area contributed by atoms with Crippen molar-refractivity contribution in [2.75, 3.05) is 19.5 Å². The van der Waals surface area contributed by atoms with Gasteiger partial charge in [0, 0.05) is 33.4 Å². The van der Waals surface area contributed by atoms with Crippen molar-refractivity contribution in [3.8, 4) is 0 Å². The van der Waals surface area contributed by atoms with Gasteiger partial charge >= 0.3 is 5.97 Å². The number of aryl methyl sites for hydroxylation is 1. The minimum Gasteiger partial charge on any atom is -0.465 e. The predicted octanol–water partition coefficient (Wildman–Crippen LogP) is 8.02. The molecule has 0 spiro atoms. The van der Waals surface area contributed by atoms with E-state index in [0.29, 0.717) is 10.6 Å². The van der Waals surface area contributed by atoms with E-state index < -0.39 is 0 Å². The minimum absolute atomic E-state index is 0.0645. The number of fused-ring (bicyclic) bond motifs is 1. The van der Waals surface area contributed by atoms with Gasteiger partial charge in [-0.25, -0.2) is 9.78 Å². The molecule has 0 unspecified atom stereocenters. The Hall–Kier alpha value is -3.12. The second-order valence-electron chi connectivity index (χ2n) is 10.2. The Morgan fingerprint density at radius 3 is 2.69 bits per heavy atom. The number of carbonyl (C=O) groups excluding carboxylic acids is 1. The molecular weight excluding hydrogens is 526 g/mol. The van der Waals surface area contributed by atoms with Crippen LogP contribution in [0.4, 0.5) is 0 Å². The van der Waals surface area contributed by atoms with Crippen LogP contribution in [0.3, 0.4) is 0 Å². The lowest BCUT2D eigenvalue weighted by atomic mass is 9.98. The fourth-order valence-corrected chi connectivity index (χ4v) is 6.45. The van der Waals surface area contributed by atoms with Crippen molar-refractivity contribution in [2.24, 2.45) is 5.41 Å². The lowest BCUT2D eigenvalue weighted by Crippen LogP contribution is -2.12. The molecule has 6 heteroatoms. The number of aromatic nitrogens is 1. The Labute approximate surface area is 239 Å². The Morgan fingerprint density at radius 2 is 1.90 bits per heavy atom. The first-order valence-electron chi connectivity index (χ1n) is 13.2. The number of aliphatic hydroxyl groups excluding tert-OH is 1. The van der Waals surface area contributed by atoms with E-state index in [9.17, 15) is 9.90 Å². The highest BCUT2D eigenvalue weighted by Crippen LogP contribution is 2.50. The number of rotatable bonds is 11. The van der Waals surface area contributed by atoms with E-state index in [2.05, 4.69) is 36.4 Å². The van der Waals surface area contributed by atoms with Crippen LogP contribution < -0.4 is 0 Å². The minimum atomic E-state index is -0.302. The number of esters is 1. The topological polar surface area (TPSA) is 59.4 Å². The summed E-state index contributed by atoms with van der Waals surface area (Å²) in [4.78, 5) is 17.0. The summed E-state index contributed by atoms with van der Waals surface area (Å²) in [5, 5.41) is 11.9. The molecule has 0 aliphatic heterocycles. The van der Waals surface area contributed by atoms with E-state index in [1.165, 1.54) is 12.7 Å². The standard InChI is InChI=1S/C33H32ClNO3S/c1-38-32(37)29-8-3-2-6-24(29)12-16-31(39-22-33(21-36)17-18-33)26-7-4-5-23(19-26)9-14-28-15-11-25-10-13-27(34)20-30(25)35-28/h2-11,13-15,19-20,31,36H,12,16-18,21-22H2,1H3/t31-/m1/s1. The van der Waals surface area contributed by atoms with Crippen molar-refractivity contribution in [1.82, 2.24) is 4.98 Å². The molecular formula is C33H32ClNO3S. The number of carbonyl (C=O) groups is 1. The molecule has 5 rings (SSSR count). The van der Waals surface area contributed by atoms with Crippen molar-refractivity contribution >= 4 is 52.4 Å². The fourth-order valence-electron chi connectivity index (χ4n) is 4.73. The maximum atomic E-state index is 12.3. The Kier molecular flexibility index (Phi) is 8.71. The second kappa shape index (κ2) is 12.4. The third-order valence-electron chi connectivity index (χ3n) is 7.39. The quantitative estimate of drug-likeness (QED) is 0.189. The van der Waals surface area contributed by atoms with Gasteiger partial charge in [0.1, 0.15) is 0 Å². The first-order chi connectivity index (χ1) is 19.0. The zero-order chi connectivity index (χ0) is 27.2. The Balaban J connectivity index is 1.36. The van der Waals surface area contributed by atoms with Gasteiger partial charge in [-0.05, 0) is 72.7 Å². The molecule has 0 radical (unpaired) electrons. The highest BCUT2D eigenvalue weighted by Gasteiger charge is 2.42. The molecule has 1 aliphatic rings. The van der Waals surface area contributed by atoms with E-state index in [4.69, 9.17) is 21.3 Å². The zero-order valence-electron chi connectivity index (χ0n) is 22.0. The number of ether oxygens (including phenoxy) is 1. The van der Waals surface area contributed by atoms with Gasteiger partial charge in [0.25, 0.3) is 0 Å². The van der Waals surface area contributed by atoms with E-state index in [0.717, 1.165) is 59.2 Å². The van der Waals surface area contributed by atoms with Gasteiger partial charge in [0.15, 0.2) is 0 Å². The van der Waals surface area contributed by atoms with Crippen molar-refractivity contribution in [3.05, 3.63) is 112 Å². The molecule has 4 nitrogen and oxygen atoms in total. The molecule has 200 valence electrons. The Bertz CT molecular complexity index is 1500. The van der Waals surface area contributed by atoms with Crippen molar-refractivity contribution < 1.29 is 14.6 Å². The molecule has 4 aromatic rings. The van der Waals surface area contributed by atoms with Crippen LogP contribution in [0.15, 0.2) is 78.9 Å². The average Bonchev–Trinajstić information content (AvgIpc) is 3.76. The summed E-state index contributed by atoms with van der Waals surface area (Å²) in [6.45, 7) is 0.241. The number of halogens is 1. The van der Waals surface area contributed by atoms with Crippen LogP contribution in [-0.4, -0.2) is 35.5 Å². The van der Waals surface area contributed by atoms with Crippen LogP contribution >= 0.6 is 23.4 Å². The molecule has 1 atom stereocenters. The first kappa shape index (κ1) is 27.4. The normalized spacial score (nSPS) is 14.9. The van der Waals surface area contributed by atoms with Crippen LogP contribution in [0, 0.1) is 5.41 Å². The summed E-state index contributed by atoms with van der Waals surface area (Å²) in [7, 11) is 1.42. The van der Waals surface area contributed by atoms with Crippen molar-refractivity contribution in [3.63, 3.8) is 0 Å².